The number of amides is 1. The molecule has 0 aliphatic carbocycles. The first-order valence-corrected chi connectivity index (χ1v) is 8.53. The third kappa shape index (κ3) is 4.03. The largest absolute Gasteiger partial charge is 0.497 e. The highest BCUT2D eigenvalue weighted by Crippen LogP contribution is 2.28. The average molecular weight is 356 g/mol. The first kappa shape index (κ1) is 17.1. The molecule has 0 saturated heterocycles. The topological polar surface area (TPSA) is 51.2 Å². The molecule has 25 heavy (non-hydrogen) atoms. The van der Waals surface area contributed by atoms with Crippen LogP contribution in [-0.2, 0) is 6.54 Å². The summed E-state index contributed by atoms with van der Waals surface area (Å²) in [6.45, 7) is 2.22. The van der Waals surface area contributed by atoms with Crippen molar-refractivity contribution >= 4 is 17.2 Å². The van der Waals surface area contributed by atoms with Gasteiger partial charge in [-0.3, -0.25) is 4.79 Å². The second kappa shape index (κ2) is 7.44. The minimum atomic E-state index is -0.297. The highest BCUT2D eigenvalue weighted by molar-refractivity contribution is 7.17. The predicted molar refractivity (Wildman–Crippen MR) is 96.4 cm³/mol. The molecular formula is C19H17FN2O2S. The van der Waals surface area contributed by atoms with Crippen LogP contribution in [0.1, 0.15) is 20.9 Å². The van der Waals surface area contributed by atoms with E-state index < -0.39 is 0 Å². The number of aromatic nitrogens is 1. The number of halogens is 1. The number of aryl methyl sites for hydroxylation is 1. The first-order valence-electron chi connectivity index (χ1n) is 7.71. The molecule has 0 unspecified atom stereocenters. The van der Waals surface area contributed by atoms with Crippen molar-refractivity contribution < 1.29 is 13.9 Å². The van der Waals surface area contributed by atoms with Crippen molar-refractivity contribution in [2.45, 2.75) is 13.5 Å². The molecule has 6 heteroatoms. The zero-order valence-corrected chi connectivity index (χ0v) is 14.7. The smallest absolute Gasteiger partial charge is 0.263 e. The van der Waals surface area contributed by atoms with Gasteiger partial charge in [0.2, 0.25) is 0 Å². The molecule has 4 nitrogen and oxygen atoms in total. The van der Waals surface area contributed by atoms with Crippen molar-refractivity contribution in [2.24, 2.45) is 0 Å². The summed E-state index contributed by atoms with van der Waals surface area (Å²) < 4.78 is 18.1. The maximum absolute atomic E-state index is 13.0. The van der Waals surface area contributed by atoms with Crippen LogP contribution in [0.15, 0.2) is 48.5 Å². The second-order valence-electron chi connectivity index (χ2n) is 5.47. The zero-order chi connectivity index (χ0) is 17.8. The van der Waals surface area contributed by atoms with Gasteiger partial charge in [-0.15, -0.1) is 11.3 Å². The summed E-state index contributed by atoms with van der Waals surface area (Å²) in [5, 5.41) is 3.60. The van der Waals surface area contributed by atoms with Gasteiger partial charge in [0, 0.05) is 12.1 Å². The van der Waals surface area contributed by atoms with Crippen molar-refractivity contribution in [2.75, 3.05) is 7.11 Å². The molecule has 1 N–H and O–H groups in total. The predicted octanol–water partition coefficient (Wildman–Crippen LogP) is 4.20. The molecule has 1 aromatic heterocycles. The van der Waals surface area contributed by atoms with Crippen LogP contribution in [0, 0.1) is 12.7 Å². The molecular weight excluding hydrogens is 339 g/mol. The monoisotopic (exact) mass is 356 g/mol. The number of hydrogen-bond acceptors (Lipinski definition) is 4. The standard InChI is InChI=1S/C19H17FN2O2S/c1-12-17(25-19(22-12)14-5-7-15(20)8-6-14)18(23)21-11-13-3-9-16(24-2)10-4-13/h3-10H,11H2,1-2H3,(H,21,23). The van der Waals surface area contributed by atoms with Gasteiger partial charge in [-0.2, -0.15) is 0 Å². The van der Waals surface area contributed by atoms with Crippen LogP contribution in [0.25, 0.3) is 10.6 Å². The quantitative estimate of drug-likeness (QED) is 0.745. The molecule has 0 aliphatic heterocycles. The Balaban J connectivity index is 1.70. The SMILES string of the molecule is COc1ccc(CNC(=O)c2sc(-c3ccc(F)cc3)nc2C)cc1. The van der Waals surface area contributed by atoms with E-state index in [0.29, 0.717) is 22.1 Å². The molecule has 128 valence electrons. The van der Waals surface area contributed by atoms with Gasteiger partial charge in [0.15, 0.2) is 0 Å². The fourth-order valence-corrected chi connectivity index (χ4v) is 3.32. The number of benzene rings is 2. The van der Waals surface area contributed by atoms with Gasteiger partial charge in [0.25, 0.3) is 5.91 Å². The molecule has 0 saturated carbocycles. The number of rotatable bonds is 5. The fraction of sp³-hybridized carbons (Fsp3) is 0.158. The van der Waals surface area contributed by atoms with E-state index in [2.05, 4.69) is 10.3 Å². The van der Waals surface area contributed by atoms with Gasteiger partial charge in [-0.1, -0.05) is 12.1 Å². The molecule has 0 aliphatic rings. The van der Waals surface area contributed by atoms with Crippen LogP contribution in [0.5, 0.6) is 5.75 Å². The lowest BCUT2D eigenvalue weighted by atomic mass is 10.2. The average Bonchev–Trinajstić information content (AvgIpc) is 3.02. The summed E-state index contributed by atoms with van der Waals surface area (Å²) >= 11 is 1.30. The van der Waals surface area contributed by atoms with Gasteiger partial charge < -0.3 is 10.1 Å². The molecule has 3 rings (SSSR count). The van der Waals surface area contributed by atoms with Gasteiger partial charge in [0.1, 0.15) is 21.5 Å². The lowest BCUT2D eigenvalue weighted by Crippen LogP contribution is -2.22. The summed E-state index contributed by atoms with van der Waals surface area (Å²) in [6, 6.07) is 13.6. The van der Waals surface area contributed by atoms with Gasteiger partial charge in [0.05, 0.1) is 12.8 Å². The van der Waals surface area contributed by atoms with E-state index in [9.17, 15) is 9.18 Å². The number of carbonyl (C=O) groups is 1. The Morgan fingerprint density at radius 1 is 1.16 bits per heavy atom. The number of thiazole rings is 1. The number of ether oxygens (including phenoxy) is 1. The van der Waals surface area contributed by atoms with Crippen LogP contribution in [0.2, 0.25) is 0 Å². The number of hydrogen-bond donors (Lipinski definition) is 1. The lowest BCUT2D eigenvalue weighted by Gasteiger charge is -2.05. The molecule has 0 atom stereocenters. The van der Waals surface area contributed by atoms with Crippen molar-refractivity contribution in [1.29, 1.82) is 0 Å². The summed E-state index contributed by atoms with van der Waals surface area (Å²) in [7, 11) is 1.61. The minimum absolute atomic E-state index is 0.167. The number of nitrogens with one attached hydrogen (secondary N) is 1. The maximum atomic E-state index is 13.0. The van der Waals surface area contributed by atoms with Crippen molar-refractivity contribution in [3.8, 4) is 16.3 Å². The van der Waals surface area contributed by atoms with Crippen molar-refractivity contribution in [3.63, 3.8) is 0 Å². The van der Waals surface area contributed by atoms with Crippen molar-refractivity contribution in [1.82, 2.24) is 10.3 Å². The van der Waals surface area contributed by atoms with E-state index in [1.807, 2.05) is 24.3 Å². The number of nitrogens with zero attached hydrogens (tertiary/aromatic N) is 1. The highest BCUT2D eigenvalue weighted by atomic mass is 32.1. The van der Waals surface area contributed by atoms with Crippen molar-refractivity contribution in [3.05, 3.63) is 70.5 Å². The molecule has 1 amide bonds. The summed E-state index contributed by atoms with van der Waals surface area (Å²) in [5.41, 5.74) is 2.44. The van der Waals surface area contributed by atoms with E-state index >= 15 is 0 Å². The van der Waals surface area contributed by atoms with E-state index in [1.54, 1.807) is 26.2 Å². The minimum Gasteiger partial charge on any atom is -0.497 e. The van der Waals surface area contributed by atoms with Crippen LogP contribution >= 0.6 is 11.3 Å². The first-order chi connectivity index (χ1) is 12.1. The lowest BCUT2D eigenvalue weighted by molar-refractivity contribution is 0.0954. The molecule has 0 bridgehead atoms. The van der Waals surface area contributed by atoms with Crippen LogP contribution in [0.3, 0.4) is 0 Å². The normalized spacial score (nSPS) is 10.5. The van der Waals surface area contributed by atoms with Gasteiger partial charge in [-0.25, -0.2) is 9.37 Å². The van der Waals surface area contributed by atoms with E-state index in [0.717, 1.165) is 16.9 Å². The summed E-state index contributed by atoms with van der Waals surface area (Å²) in [5.74, 6) is 0.311. The maximum Gasteiger partial charge on any atom is 0.263 e. The third-order valence-electron chi connectivity index (χ3n) is 3.71. The Labute approximate surface area is 149 Å². The molecule has 3 aromatic rings. The van der Waals surface area contributed by atoms with Crippen LogP contribution < -0.4 is 10.1 Å². The second-order valence-corrected chi connectivity index (χ2v) is 6.47. The molecule has 0 spiro atoms. The van der Waals surface area contributed by atoms with Crippen LogP contribution in [-0.4, -0.2) is 18.0 Å². The van der Waals surface area contributed by atoms with E-state index in [1.165, 1.54) is 23.5 Å². The Morgan fingerprint density at radius 2 is 1.84 bits per heavy atom. The van der Waals surface area contributed by atoms with Gasteiger partial charge in [-0.05, 0) is 48.9 Å². The van der Waals surface area contributed by atoms with Gasteiger partial charge >= 0.3 is 0 Å². The molecule has 1 heterocycles. The molecule has 0 radical (unpaired) electrons. The Kier molecular flexibility index (Phi) is 5.09. The molecule has 2 aromatic carbocycles. The number of carbonyl (C=O) groups excluding carboxylic acids is 1. The fourth-order valence-electron chi connectivity index (χ4n) is 2.33. The highest BCUT2D eigenvalue weighted by Gasteiger charge is 2.16. The summed E-state index contributed by atoms with van der Waals surface area (Å²) in [6.07, 6.45) is 0. The zero-order valence-electron chi connectivity index (χ0n) is 13.9. The summed E-state index contributed by atoms with van der Waals surface area (Å²) in [4.78, 5) is 17.4. The van der Waals surface area contributed by atoms with E-state index in [4.69, 9.17) is 4.74 Å². The Bertz CT molecular complexity index is 873. The van der Waals surface area contributed by atoms with Crippen LogP contribution in [0.4, 0.5) is 4.39 Å². The Morgan fingerprint density at radius 3 is 2.48 bits per heavy atom. The van der Waals surface area contributed by atoms with E-state index in [-0.39, 0.29) is 11.7 Å². The number of methoxy groups -OCH3 is 1. The third-order valence-corrected chi connectivity index (χ3v) is 4.91. The Hall–Kier alpha value is -2.73. The molecule has 0 fully saturated rings.